The van der Waals surface area contributed by atoms with E-state index in [0.717, 1.165) is 5.92 Å². The molecule has 0 aromatic carbocycles. The zero-order chi connectivity index (χ0) is 8.69. The fourth-order valence-corrected chi connectivity index (χ4v) is 1.39. The molecule has 11 heavy (non-hydrogen) atoms. The lowest BCUT2D eigenvalue weighted by molar-refractivity contribution is 0.355. The molecule has 0 aromatic heterocycles. The van der Waals surface area contributed by atoms with Crippen LogP contribution in [-0.4, -0.2) is 18.5 Å². The monoisotopic (exact) mass is 155 g/mol. The number of nitrogens with zero attached hydrogens (tertiary/aromatic N) is 1. The van der Waals surface area contributed by atoms with E-state index in [1.54, 1.807) is 0 Å². The van der Waals surface area contributed by atoms with E-state index in [1.807, 2.05) is 0 Å². The number of rotatable bonds is 5. The van der Waals surface area contributed by atoms with Gasteiger partial charge in [0.2, 0.25) is 0 Å². The number of hydrogen-bond acceptors (Lipinski definition) is 1. The fourth-order valence-electron chi connectivity index (χ4n) is 1.39. The smallest absolute Gasteiger partial charge is 0.0194 e. The van der Waals surface area contributed by atoms with Crippen molar-refractivity contribution >= 4 is 0 Å². The summed E-state index contributed by atoms with van der Waals surface area (Å²) in [5.74, 6) is 0.821. The molecule has 1 atom stereocenters. The second-order valence-electron chi connectivity index (χ2n) is 3.32. The molecule has 0 aliphatic rings. The summed E-state index contributed by atoms with van der Waals surface area (Å²) in [5, 5.41) is 0. The number of allylic oxidation sites excluding steroid dienone is 1. The van der Waals surface area contributed by atoms with Crippen LogP contribution in [-0.2, 0) is 0 Å². The van der Waals surface area contributed by atoms with E-state index >= 15 is 0 Å². The van der Waals surface area contributed by atoms with Crippen LogP contribution in [0, 0.1) is 5.92 Å². The second kappa shape index (κ2) is 6.26. The van der Waals surface area contributed by atoms with Crippen LogP contribution >= 0.6 is 0 Å². The Morgan fingerprint density at radius 1 is 1.45 bits per heavy atom. The predicted octanol–water partition coefficient (Wildman–Crippen LogP) is 2.89. The first-order valence-corrected chi connectivity index (χ1v) is 4.53. The topological polar surface area (TPSA) is 3.24 Å². The molecule has 0 spiro atoms. The normalized spacial score (nSPS) is 13.8. The molecule has 0 N–H and O–H groups in total. The molecule has 0 radical (unpaired) electrons. The summed E-state index contributed by atoms with van der Waals surface area (Å²) in [6.07, 6.45) is 6.84. The molecule has 0 heterocycles. The Kier molecular flexibility index (Phi) is 6.00. The Hall–Kier alpha value is -0.460. The zero-order valence-corrected chi connectivity index (χ0v) is 8.30. The molecule has 1 unspecified atom stereocenters. The summed E-state index contributed by atoms with van der Waals surface area (Å²) in [7, 11) is 2.13. The molecule has 0 saturated carbocycles. The van der Waals surface area contributed by atoms with Gasteiger partial charge in [-0.25, -0.2) is 0 Å². The van der Waals surface area contributed by atoms with Gasteiger partial charge in [0.25, 0.3) is 0 Å². The molecular weight excluding hydrogens is 134 g/mol. The van der Waals surface area contributed by atoms with Gasteiger partial charge in [-0.1, -0.05) is 26.3 Å². The van der Waals surface area contributed by atoms with Crippen molar-refractivity contribution in [3.63, 3.8) is 0 Å². The first-order chi connectivity index (χ1) is 5.20. The molecule has 66 valence electrons. The van der Waals surface area contributed by atoms with Gasteiger partial charge < -0.3 is 4.90 Å². The van der Waals surface area contributed by atoms with Crippen molar-refractivity contribution in [2.45, 2.75) is 33.6 Å². The minimum Gasteiger partial charge on any atom is -0.380 e. The van der Waals surface area contributed by atoms with Gasteiger partial charge in [0.05, 0.1) is 0 Å². The van der Waals surface area contributed by atoms with Crippen LogP contribution < -0.4 is 0 Å². The number of hydrogen-bond donors (Lipinski definition) is 0. The highest BCUT2D eigenvalue weighted by Crippen LogP contribution is 2.06. The minimum absolute atomic E-state index is 0.821. The molecule has 0 amide bonds. The van der Waals surface area contributed by atoms with E-state index in [1.165, 1.54) is 19.4 Å². The Balaban J connectivity index is 3.48. The van der Waals surface area contributed by atoms with Crippen LogP contribution in [0.25, 0.3) is 0 Å². The maximum absolute atomic E-state index is 2.31. The predicted molar refractivity (Wildman–Crippen MR) is 51.5 cm³/mol. The maximum atomic E-state index is 2.31. The lowest BCUT2D eigenvalue weighted by atomic mass is 10.1. The molecular formula is C10H21N. The van der Waals surface area contributed by atoms with Gasteiger partial charge in [-0.05, 0) is 25.5 Å². The van der Waals surface area contributed by atoms with E-state index in [0.29, 0.717) is 0 Å². The molecule has 0 aliphatic heterocycles. The van der Waals surface area contributed by atoms with Gasteiger partial charge in [-0.2, -0.15) is 0 Å². The summed E-state index contributed by atoms with van der Waals surface area (Å²) in [6.45, 7) is 7.79. The largest absolute Gasteiger partial charge is 0.380 e. The SMILES string of the molecule is C/C=C\N(C)CC(C)CCC. The van der Waals surface area contributed by atoms with Gasteiger partial charge in [-0.3, -0.25) is 0 Å². The summed E-state index contributed by atoms with van der Waals surface area (Å²) < 4.78 is 0. The first-order valence-electron chi connectivity index (χ1n) is 4.53. The molecule has 1 nitrogen and oxygen atoms in total. The third-order valence-corrected chi connectivity index (χ3v) is 1.78. The van der Waals surface area contributed by atoms with Crippen molar-refractivity contribution in [3.05, 3.63) is 12.3 Å². The quantitative estimate of drug-likeness (QED) is 0.590. The molecule has 0 bridgehead atoms. The van der Waals surface area contributed by atoms with Gasteiger partial charge in [0, 0.05) is 13.6 Å². The van der Waals surface area contributed by atoms with Crippen LogP contribution in [0.15, 0.2) is 12.3 Å². The van der Waals surface area contributed by atoms with Crippen LogP contribution in [0.3, 0.4) is 0 Å². The van der Waals surface area contributed by atoms with Crippen molar-refractivity contribution in [1.82, 2.24) is 4.90 Å². The van der Waals surface area contributed by atoms with Crippen molar-refractivity contribution in [1.29, 1.82) is 0 Å². The maximum Gasteiger partial charge on any atom is 0.0194 e. The van der Waals surface area contributed by atoms with E-state index in [9.17, 15) is 0 Å². The lowest BCUT2D eigenvalue weighted by Crippen LogP contribution is -2.18. The molecule has 1 heteroatoms. The van der Waals surface area contributed by atoms with Gasteiger partial charge in [-0.15, -0.1) is 0 Å². The van der Waals surface area contributed by atoms with E-state index in [-0.39, 0.29) is 0 Å². The summed E-state index contributed by atoms with van der Waals surface area (Å²) in [6, 6.07) is 0. The Bertz CT molecular complexity index is 107. The average molecular weight is 155 g/mol. The Labute approximate surface area is 71.1 Å². The third kappa shape index (κ3) is 5.96. The highest BCUT2D eigenvalue weighted by molar-refractivity contribution is 4.76. The standard InChI is InChI=1S/C10H21N/c1-5-7-10(3)9-11(4)8-6-2/h6,8,10H,5,7,9H2,1-4H3/b8-6-. The Morgan fingerprint density at radius 2 is 2.09 bits per heavy atom. The lowest BCUT2D eigenvalue weighted by Gasteiger charge is -2.18. The van der Waals surface area contributed by atoms with Crippen molar-refractivity contribution in [2.75, 3.05) is 13.6 Å². The first kappa shape index (κ1) is 10.5. The second-order valence-corrected chi connectivity index (χ2v) is 3.32. The molecule has 0 fully saturated rings. The van der Waals surface area contributed by atoms with Crippen LogP contribution in [0.4, 0.5) is 0 Å². The average Bonchev–Trinajstić information content (AvgIpc) is 1.87. The van der Waals surface area contributed by atoms with Crippen LogP contribution in [0.2, 0.25) is 0 Å². The molecule has 0 aromatic rings. The van der Waals surface area contributed by atoms with Crippen molar-refractivity contribution < 1.29 is 0 Å². The van der Waals surface area contributed by atoms with Crippen molar-refractivity contribution in [2.24, 2.45) is 5.92 Å². The van der Waals surface area contributed by atoms with Gasteiger partial charge in [0.1, 0.15) is 0 Å². The van der Waals surface area contributed by atoms with E-state index in [2.05, 4.69) is 45.0 Å². The third-order valence-electron chi connectivity index (χ3n) is 1.78. The highest BCUT2D eigenvalue weighted by atomic mass is 15.1. The van der Waals surface area contributed by atoms with Crippen LogP contribution in [0.5, 0.6) is 0 Å². The summed E-state index contributed by atoms with van der Waals surface area (Å²) in [5.41, 5.74) is 0. The van der Waals surface area contributed by atoms with Gasteiger partial charge in [0.15, 0.2) is 0 Å². The van der Waals surface area contributed by atoms with Crippen molar-refractivity contribution in [3.8, 4) is 0 Å². The van der Waals surface area contributed by atoms with E-state index < -0.39 is 0 Å². The zero-order valence-electron chi connectivity index (χ0n) is 8.30. The van der Waals surface area contributed by atoms with Gasteiger partial charge >= 0.3 is 0 Å². The Morgan fingerprint density at radius 3 is 2.55 bits per heavy atom. The molecule has 0 saturated heterocycles. The molecule has 0 rings (SSSR count). The highest BCUT2D eigenvalue weighted by Gasteiger charge is 2.00. The van der Waals surface area contributed by atoms with Crippen LogP contribution in [0.1, 0.15) is 33.6 Å². The molecule has 0 aliphatic carbocycles. The fraction of sp³-hybridized carbons (Fsp3) is 0.800. The summed E-state index contributed by atoms with van der Waals surface area (Å²) in [4.78, 5) is 2.25. The minimum atomic E-state index is 0.821. The van der Waals surface area contributed by atoms with E-state index in [4.69, 9.17) is 0 Å². The summed E-state index contributed by atoms with van der Waals surface area (Å²) >= 11 is 0.